The SMILES string of the molecule is CN1CCN(C(=O)c2nn(C)c3c2CN(CC2CC2)C3)CC1. The summed E-state index contributed by atoms with van der Waals surface area (Å²) in [5.74, 6) is 1.01. The first kappa shape index (κ1) is 14.2. The summed E-state index contributed by atoms with van der Waals surface area (Å²) in [6.45, 7) is 6.55. The maximum absolute atomic E-state index is 12.8. The molecule has 6 heteroatoms. The zero-order valence-corrected chi connectivity index (χ0v) is 13.6. The molecule has 0 N–H and O–H groups in total. The summed E-state index contributed by atoms with van der Waals surface area (Å²) >= 11 is 0. The lowest BCUT2D eigenvalue weighted by Gasteiger charge is -2.32. The Kier molecular flexibility index (Phi) is 3.46. The van der Waals surface area contributed by atoms with Crippen molar-refractivity contribution in [3.8, 4) is 0 Å². The normalized spacial score (nSPS) is 23.1. The van der Waals surface area contributed by atoms with Gasteiger partial charge in [0.05, 0.1) is 5.69 Å². The van der Waals surface area contributed by atoms with E-state index < -0.39 is 0 Å². The van der Waals surface area contributed by atoms with Crippen LogP contribution in [0.4, 0.5) is 0 Å². The molecule has 1 amide bonds. The fourth-order valence-electron chi connectivity index (χ4n) is 3.58. The Labute approximate surface area is 131 Å². The highest BCUT2D eigenvalue weighted by Crippen LogP contribution is 2.34. The van der Waals surface area contributed by atoms with Crippen LogP contribution in [0.3, 0.4) is 0 Å². The van der Waals surface area contributed by atoms with Crippen molar-refractivity contribution in [1.82, 2.24) is 24.5 Å². The average Bonchev–Trinajstić information content (AvgIpc) is 3.13. The van der Waals surface area contributed by atoms with Crippen LogP contribution in [0.5, 0.6) is 0 Å². The van der Waals surface area contributed by atoms with Crippen molar-refractivity contribution in [1.29, 1.82) is 0 Å². The van der Waals surface area contributed by atoms with E-state index in [2.05, 4.69) is 21.9 Å². The van der Waals surface area contributed by atoms with E-state index in [0.29, 0.717) is 5.69 Å². The first-order valence-electron chi connectivity index (χ1n) is 8.36. The third-order valence-corrected chi connectivity index (χ3v) is 5.24. The van der Waals surface area contributed by atoms with Gasteiger partial charge in [-0.15, -0.1) is 0 Å². The molecule has 0 radical (unpaired) electrons. The number of likely N-dealkylation sites (N-methyl/N-ethyl adjacent to an activating group) is 1. The van der Waals surface area contributed by atoms with Crippen molar-refractivity contribution < 1.29 is 4.79 Å². The summed E-state index contributed by atoms with van der Waals surface area (Å²) in [6, 6.07) is 0. The van der Waals surface area contributed by atoms with Gasteiger partial charge >= 0.3 is 0 Å². The lowest BCUT2D eigenvalue weighted by atomic mass is 10.2. The third kappa shape index (κ3) is 2.54. The molecule has 1 aliphatic carbocycles. The predicted octanol–water partition coefficient (Wildman–Crippen LogP) is 0.533. The quantitative estimate of drug-likeness (QED) is 0.817. The van der Waals surface area contributed by atoms with Gasteiger partial charge in [-0.3, -0.25) is 14.4 Å². The number of carbonyl (C=O) groups is 1. The molecule has 1 saturated carbocycles. The number of hydrogen-bond donors (Lipinski definition) is 0. The van der Waals surface area contributed by atoms with Gasteiger partial charge in [-0.1, -0.05) is 0 Å². The van der Waals surface area contributed by atoms with Crippen LogP contribution in [0.2, 0.25) is 0 Å². The first-order chi connectivity index (χ1) is 10.6. The summed E-state index contributed by atoms with van der Waals surface area (Å²) in [5.41, 5.74) is 3.10. The van der Waals surface area contributed by atoms with Gasteiger partial charge in [0.1, 0.15) is 0 Å². The highest BCUT2D eigenvalue weighted by atomic mass is 16.2. The van der Waals surface area contributed by atoms with Gasteiger partial charge in [0.15, 0.2) is 5.69 Å². The second kappa shape index (κ2) is 5.35. The van der Waals surface area contributed by atoms with Crippen molar-refractivity contribution in [2.75, 3.05) is 39.8 Å². The maximum atomic E-state index is 12.8. The molecule has 2 fully saturated rings. The number of rotatable bonds is 3. The molecule has 120 valence electrons. The van der Waals surface area contributed by atoms with Crippen molar-refractivity contribution in [3.05, 3.63) is 17.0 Å². The van der Waals surface area contributed by atoms with Crippen LogP contribution < -0.4 is 0 Å². The third-order valence-electron chi connectivity index (χ3n) is 5.24. The Morgan fingerprint density at radius 2 is 1.86 bits per heavy atom. The van der Waals surface area contributed by atoms with Gasteiger partial charge in [-0.05, 0) is 25.8 Å². The second-order valence-corrected chi connectivity index (χ2v) is 7.11. The maximum Gasteiger partial charge on any atom is 0.274 e. The topological polar surface area (TPSA) is 44.6 Å². The van der Waals surface area contributed by atoms with E-state index in [1.54, 1.807) is 0 Å². The number of nitrogens with zero attached hydrogens (tertiary/aromatic N) is 5. The zero-order chi connectivity index (χ0) is 15.3. The molecule has 1 saturated heterocycles. The van der Waals surface area contributed by atoms with E-state index in [4.69, 9.17) is 0 Å². The van der Waals surface area contributed by atoms with Gasteiger partial charge in [0, 0.05) is 58.4 Å². The van der Waals surface area contributed by atoms with Crippen LogP contribution in [0.25, 0.3) is 0 Å². The Bertz CT molecular complexity index is 584. The molecule has 1 aromatic heterocycles. The van der Waals surface area contributed by atoms with Crippen LogP contribution in [-0.4, -0.2) is 70.2 Å². The molecule has 22 heavy (non-hydrogen) atoms. The lowest BCUT2D eigenvalue weighted by molar-refractivity contribution is 0.0655. The van der Waals surface area contributed by atoms with E-state index in [0.717, 1.165) is 45.2 Å². The van der Waals surface area contributed by atoms with Gasteiger partial charge in [-0.2, -0.15) is 5.10 Å². The fraction of sp³-hybridized carbons (Fsp3) is 0.750. The molecule has 0 atom stereocenters. The minimum absolute atomic E-state index is 0.123. The van der Waals surface area contributed by atoms with E-state index in [9.17, 15) is 4.79 Å². The largest absolute Gasteiger partial charge is 0.335 e. The zero-order valence-electron chi connectivity index (χ0n) is 13.6. The molecule has 3 aliphatic rings. The van der Waals surface area contributed by atoms with Crippen LogP contribution in [0, 0.1) is 5.92 Å². The molecular formula is C16H25N5O. The van der Waals surface area contributed by atoms with Crippen LogP contribution >= 0.6 is 0 Å². The first-order valence-corrected chi connectivity index (χ1v) is 8.36. The number of hydrogen-bond acceptors (Lipinski definition) is 4. The average molecular weight is 303 g/mol. The van der Waals surface area contributed by atoms with Crippen molar-refractivity contribution >= 4 is 5.91 Å². The molecule has 2 aliphatic heterocycles. The van der Waals surface area contributed by atoms with E-state index >= 15 is 0 Å². The predicted molar refractivity (Wildman–Crippen MR) is 83.4 cm³/mol. The van der Waals surface area contributed by atoms with Crippen molar-refractivity contribution in [2.45, 2.75) is 25.9 Å². The highest BCUT2D eigenvalue weighted by Gasteiger charge is 2.34. The summed E-state index contributed by atoms with van der Waals surface area (Å²) in [4.78, 5) is 19.5. The van der Waals surface area contributed by atoms with E-state index in [1.165, 1.54) is 30.6 Å². The van der Waals surface area contributed by atoms with Crippen molar-refractivity contribution in [3.63, 3.8) is 0 Å². The Morgan fingerprint density at radius 3 is 2.55 bits per heavy atom. The van der Waals surface area contributed by atoms with Gasteiger partial charge in [0.25, 0.3) is 5.91 Å². The fourth-order valence-corrected chi connectivity index (χ4v) is 3.58. The van der Waals surface area contributed by atoms with E-state index in [-0.39, 0.29) is 5.91 Å². The molecule has 3 heterocycles. The van der Waals surface area contributed by atoms with Crippen LogP contribution in [0.1, 0.15) is 34.6 Å². The lowest BCUT2D eigenvalue weighted by Crippen LogP contribution is -2.47. The molecular weight excluding hydrogens is 278 g/mol. The second-order valence-electron chi connectivity index (χ2n) is 7.11. The van der Waals surface area contributed by atoms with Crippen LogP contribution in [0.15, 0.2) is 0 Å². The van der Waals surface area contributed by atoms with Gasteiger partial charge in [-0.25, -0.2) is 0 Å². The standard InChI is InChI=1S/C16H25N5O/c1-18-5-7-21(8-6-18)16(22)15-13-10-20(9-12-3-4-12)11-14(13)19(2)17-15/h12H,3-11H2,1-2H3. The van der Waals surface area contributed by atoms with Crippen LogP contribution in [-0.2, 0) is 20.1 Å². The molecule has 1 aromatic rings. The molecule has 4 rings (SSSR count). The summed E-state index contributed by atoms with van der Waals surface area (Å²) in [7, 11) is 4.08. The molecule has 0 bridgehead atoms. The Balaban J connectivity index is 1.51. The number of piperazine rings is 1. The summed E-state index contributed by atoms with van der Waals surface area (Å²) in [5, 5.41) is 4.54. The van der Waals surface area contributed by atoms with E-state index in [1.807, 2.05) is 16.6 Å². The Hall–Kier alpha value is -1.40. The smallest absolute Gasteiger partial charge is 0.274 e. The Morgan fingerprint density at radius 1 is 1.14 bits per heavy atom. The molecule has 0 unspecified atom stereocenters. The summed E-state index contributed by atoms with van der Waals surface area (Å²) in [6.07, 6.45) is 2.75. The highest BCUT2D eigenvalue weighted by molar-refractivity contribution is 5.94. The monoisotopic (exact) mass is 303 g/mol. The van der Waals surface area contributed by atoms with Gasteiger partial charge in [0.2, 0.25) is 0 Å². The molecule has 0 aromatic carbocycles. The molecule has 6 nitrogen and oxygen atoms in total. The number of aryl methyl sites for hydroxylation is 1. The number of amides is 1. The number of fused-ring (bicyclic) bond motifs is 1. The van der Waals surface area contributed by atoms with Gasteiger partial charge < -0.3 is 9.80 Å². The summed E-state index contributed by atoms with van der Waals surface area (Å²) < 4.78 is 1.92. The van der Waals surface area contributed by atoms with Crippen molar-refractivity contribution in [2.24, 2.45) is 13.0 Å². The molecule has 0 spiro atoms. The number of carbonyl (C=O) groups excluding carboxylic acids is 1. The minimum Gasteiger partial charge on any atom is -0.335 e. The number of aromatic nitrogens is 2. The minimum atomic E-state index is 0.123.